The second-order valence-electron chi connectivity index (χ2n) is 5.52. The molecule has 0 spiro atoms. The van der Waals surface area contributed by atoms with Gasteiger partial charge >= 0.3 is 6.03 Å². The molecule has 98 valence electrons. The number of amides is 4. The molecular formula is C12H17N3O3. The highest BCUT2D eigenvalue weighted by atomic mass is 16.2. The number of nitrogens with zero attached hydrogens (tertiary/aromatic N) is 1. The minimum atomic E-state index is -0.539. The van der Waals surface area contributed by atoms with Gasteiger partial charge < -0.3 is 0 Å². The fourth-order valence-corrected chi connectivity index (χ4v) is 2.71. The Kier molecular flexibility index (Phi) is 2.72. The molecule has 4 amide bonds. The molecule has 2 saturated carbocycles. The molecule has 1 heterocycles. The van der Waals surface area contributed by atoms with Crippen LogP contribution in [0.25, 0.3) is 0 Å². The number of hydrazine groups is 1. The molecule has 6 heteroatoms. The first-order chi connectivity index (χ1) is 8.63. The van der Waals surface area contributed by atoms with Gasteiger partial charge in [0, 0.05) is 6.42 Å². The Labute approximate surface area is 105 Å². The molecule has 2 aliphatic carbocycles. The number of nitrogens with one attached hydrogen (secondary N) is 2. The van der Waals surface area contributed by atoms with E-state index in [1.807, 2.05) is 0 Å². The zero-order valence-corrected chi connectivity index (χ0v) is 10.1. The van der Waals surface area contributed by atoms with Crippen LogP contribution in [0.4, 0.5) is 4.79 Å². The summed E-state index contributed by atoms with van der Waals surface area (Å²) in [5.41, 5.74) is 2.52. The van der Waals surface area contributed by atoms with Gasteiger partial charge in [0.15, 0.2) is 0 Å². The standard InChI is InChI=1S/C12H17N3O3/c16-10(14-15-6-11(17)13-12(15)18)5-9(7-1-2-7)8-3-4-8/h7-9H,1-6H2,(H,14,16)(H,13,17,18). The Morgan fingerprint density at radius 3 is 2.33 bits per heavy atom. The minimum absolute atomic E-state index is 0.0813. The lowest BCUT2D eigenvalue weighted by Gasteiger charge is -2.18. The molecular weight excluding hydrogens is 234 g/mol. The van der Waals surface area contributed by atoms with E-state index in [1.54, 1.807) is 0 Å². The maximum absolute atomic E-state index is 11.9. The van der Waals surface area contributed by atoms with Gasteiger partial charge in [-0.25, -0.2) is 9.80 Å². The maximum Gasteiger partial charge on any atom is 0.343 e. The van der Waals surface area contributed by atoms with Crippen molar-refractivity contribution in [2.24, 2.45) is 17.8 Å². The largest absolute Gasteiger partial charge is 0.343 e. The monoisotopic (exact) mass is 251 g/mol. The van der Waals surface area contributed by atoms with Gasteiger partial charge in [-0.3, -0.25) is 20.3 Å². The summed E-state index contributed by atoms with van der Waals surface area (Å²) in [6, 6.07) is -0.539. The first-order valence-corrected chi connectivity index (χ1v) is 6.54. The quantitative estimate of drug-likeness (QED) is 0.694. The van der Waals surface area contributed by atoms with Gasteiger partial charge in [0.2, 0.25) is 11.8 Å². The molecule has 18 heavy (non-hydrogen) atoms. The third-order valence-corrected chi connectivity index (χ3v) is 3.93. The van der Waals surface area contributed by atoms with Crippen LogP contribution in [0.1, 0.15) is 32.1 Å². The van der Waals surface area contributed by atoms with Gasteiger partial charge in [0.05, 0.1) is 0 Å². The second-order valence-corrected chi connectivity index (χ2v) is 5.52. The number of urea groups is 1. The number of hydrogen-bond donors (Lipinski definition) is 2. The number of carbonyl (C=O) groups excluding carboxylic acids is 3. The number of imide groups is 1. The van der Waals surface area contributed by atoms with Crippen LogP contribution in [0, 0.1) is 17.8 Å². The van der Waals surface area contributed by atoms with E-state index >= 15 is 0 Å². The smallest absolute Gasteiger partial charge is 0.275 e. The normalized spacial score (nSPS) is 23.5. The summed E-state index contributed by atoms with van der Waals surface area (Å²) >= 11 is 0. The van der Waals surface area contributed by atoms with Crippen molar-refractivity contribution in [1.29, 1.82) is 0 Å². The molecule has 0 aromatic heterocycles. The summed E-state index contributed by atoms with van der Waals surface area (Å²) in [6.45, 7) is -0.0813. The predicted octanol–water partition coefficient (Wildman–Crippen LogP) is 0.396. The molecule has 1 saturated heterocycles. The highest BCUT2D eigenvalue weighted by Gasteiger charge is 2.42. The van der Waals surface area contributed by atoms with Crippen LogP contribution in [0.15, 0.2) is 0 Å². The summed E-state index contributed by atoms with van der Waals surface area (Å²) in [7, 11) is 0. The van der Waals surface area contributed by atoms with Gasteiger partial charge in [0.25, 0.3) is 0 Å². The molecule has 0 radical (unpaired) electrons. The molecule has 0 aromatic carbocycles. The van der Waals surface area contributed by atoms with Crippen molar-refractivity contribution in [3.63, 3.8) is 0 Å². The van der Waals surface area contributed by atoms with Gasteiger partial charge in [-0.05, 0) is 43.4 Å². The van der Waals surface area contributed by atoms with Crippen molar-refractivity contribution in [2.75, 3.05) is 6.54 Å². The molecule has 0 bridgehead atoms. The van der Waals surface area contributed by atoms with Gasteiger partial charge in [-0.2, -0.15) is 0 Å². The molecule has 3 rings (SSSR count). The minimum Gasteiger partial charge on any atom is -0.275 e. The molecule has 2 N–H and O–H groups in total. The zero-order valence-electron chi connectivity index (χ0n) is 10.1. The van der Waals surface area contributed by atoms with Gasteiger partial charge in [-0.1, -0.05) is 0 Å². The van der Waals surface area contributed by atoms with E-state index < -0.39 is 6.03 Å². The van der Waals surface area contributed by atoms with E-state index in [9.17, 15) is 14.4 Å². The van der Waals surface area contributed by atoms with E-state index in [0.717, 1.165) is 5.01 Å². The van der Waals surface area contributed by atoms with E-state index in [2.05, 4.69) is 10.7 Å². The fourth-order valence-electron chi connectivity index (χ4n) is 2.71. The Morgan fingerprint density at radius 1 is 1.28 bits per heavy atom. The van der Waals surface area contributed by atoms with Crippen molar-refractivity contribution >= 4 is 17.8 Å². The number of carbonyl (C=O) groups is 3. The van der Waals surface area contributed by atoms with Crippen LogP contribution in [0.5, 0.6) is 0 Å². The van der Waals surface area contributed by atoms with E-state index in [1.165, 1.54) is 25.7 Å². The summed E-state index contributed by atoms with van der Waals surface area (Å²) in [4.78, 5) is 34.1. The Balaban J connectivity index is 1.51. The van der Waals surface area contributed by atoms with Crippen LogP contribution in [0.2, 0.25) is 0 Å². The van der Waals surface area contributed by atoms with Gasteiger partial charge in [0.1, 0.15) is 6.54 Å². The van der Waals surface area contributed by atoms with Crippen molar-refractivity contribution in [1.82, 2.24) is 15.8 Å². The topological polar surface area (TPSA) is 78.5 Å². The Hall–Kier alpha value is -1.59. The fraction of sp³-hybridized carbons (Fsp3) is 0.750. The third kappa shape index (κ3) is 2.47. The van der Waals surface area contributed by atoms with E-state index in [-0.39, 0.29) is 18.4 Å². The first-order valence-electron chi connectivity index (χ1n) is 6.54. The predicted molar refractivity (Wildman–Crippen MR) is 61.9 cm³/mol. The van der Waals surface area contributed by atoms with E-state index in [0.29, 0.717) is 24.2 Å². The lowest BCUT2D eigenvalue weighted by molar-refractivity contribution is -0.126. The summed E-state index contributed by atoms with van der Waals surface area (Å²) in [5.74, 6) is 1.37. The highest BCUT2D eigenvalue weighted by Crippen LogP contribution is 2.50. The zero-order chi connectivity index (χ0) is 12.7. The van der Waals surface area contributed by atoms with Crippen molar-refractivity contribution in [2.45, 2.75) is 32.1 Å². The Bertz CT molecular complexity index is 389. The van der Waals surface area contributed by atoms with Crippen LogP contribution in [0.3, 0.4) is 0 Å². The van der Waals surface area contributed by atoms with Crippen molar-refractivity contribution < 1.29 is 14.4 Å². The maximum atomic E-state index is 11.9. The first kappa shape index (κ1) is 11.5. The molecule has 0 atom stereocenters. The van der Waals surface area contributed by atoms with Crippen LogP contribution in [-0.2, 0) is 9.59 Å². The average molecular weight is 251 g/mol. The van der Waals surface area contributed by atoms with E-state index in [4.69, 9.17) is 0 Å². The lowest BCUT2D eigenvalue weighted by Crippen LogP contribution is -2.44. The molecule has 0 unspecified atom stereocenters. The molecule has 1 aliphatic heterocycles. The summed E-state index contributed by atoms with van der Waals surface area (Å²) in [5, 5.41) is 3.19. The SMILES string of the molecule is O=C1CN(NC(=O)CC(C2CC2)C2CC2)C(=O)N1. The van der Waals surface area contributed by atoms with Crippen LogP contribution < -0.4 is 10.7 Å². The van der Waals surface area contributed by atoms with Gasteiger partial charge in [-0.15, -0.1) is 0 Å². The van der Waals surface area contributed by atoms with Crippen molar-refractivity contribution in [3.05, 3.63) is 0 Å². The highest BCUT2D eigenvalue weighted by molar-refractivity contribution is 6.02. The van der Waals surface area contributed by atoms with Crippen LogP contribution >= 0.6 is 0 Å². The number of rotatable bonds is 5. The van der Waals surface area contributed by atoms with Crippen molar-refractivity contribution in [3.8, 4) is 0 Å². The summed E-state index contributed by atoms with van der Waals surface area (Å²) in [6.07, 6.45) is 5.41. The third-order valence-electron chi connectivity index (χ3n) is 3.93. The summed E-state index contributed by atoms with van der Waals surface area (Å²) < 4.78 is 0. The van der Waals surface area contributed by atoms with Crippen LogP contribution in [-0.4, -0.2) is 29.4 Å². The lowest BCUT2D eigenvalue weighted by atomic mass is 9.94. The molecule has 0 aromatic rings. The molecule has 3 aliphatic rings. The molecule has 3 fully saturated rings. The number of hydrogen-bond acceptors (Lipinski definition) is 3. The second kappa shape index (κ2) is 4.26. The molecule has 6 nitrogen and oxygen atoms in total. The Morgan fingerprint density at radius 2 is 1.89 bits per heavy atom. The average Bonchev–Trinajstić information content (AvgIpc) is 3.18.